The van der Waals surface area contributed by atoms with Crippen LogP contribution in [-0.4, -0.2) is 50.9 Å². The normalized spacial score (nSPS) is 21.0. The number of fused-ring (bicyclic) bond motifs is 2. The average molecular weight is 520 g/mol. The number of amides is 1. The Morgan fingerprint density at radius 2 is 2.03 bits per heavy atom. The number of nitrogens with one attached hydrogen (secondary N) is 1. The molecule has 194 valence electrons. The number of alkyl halides is 3. The predicted molar refractivity (Wildman–Crippen MR) is 134 cm³/mol. The predicted octanol–water partition coefficient (Wildman–Crippen LogP) is 5.26. The van der Waals surface area contributed by atoms with Crippen LogP contribution in [-0.2, 0) is 26.4 Å². The highest BCUT2D eigenvalue weighted by Crippen LogP contribution is 2.31. The quantitative estimate of drug-likeness (QED) is 0.463. The van der Waals surface area contributed by atoms with Gasteiger partial charge in [0.15, 0.2) is 0 Å². The lowest BCUT2D eigenvalue weighted by Crippen LogP contribution is -2.38. The van der Waals surface area contributed by atoms with Crippen molar-refractivity contribution in [3.63, 3.8) is 0 Å². The minimum Gasteiger partial charge on any atom is -0.349 e. The van der Waals surface area contributed by atoms with Crippen LogP contribution in [0.3, 0.4) is 0 Å². The van der Waals surface area contributed by atoms with E-state index in [0.717, 1.165) is 79.6 Å². The van der Waals surface area contributed by atoms with Gasteiger partial charge < -0.3 is 5.32 Å². The number of aryl methyl sites for hydroxylation is 2. The van der Waals surface area contributed by atoms with Crippen molar-refractivity contribution in [3.8, 4) is 0 Å². The monoisotopic (exact) mass is 519 g/mol. The summed E-state index contributed by atoms with van der Waals surface area (Å²) in [5.74, 6) is 0.607. The Balaban J connectivity index is 1.04. The van der Waals surface area contributed by atoms with Gasteiger partial charge in [-0.1, -0.05) is 6.07 Å². The molecule has 1 N–H and O–H groups in total. The maximum atomic E-state index is 12.8. The molecule has 6 nitrogen and oxygen atoms in total. The lowest BCUT2D eigenvalue weighted by Gasteiger charge is -2.32. The zero-order chi connectivity index (χ0) is 25.3. The van der Waals surface area contributed by atoms with Crippen molar-refractivity contribution in [2.75, 3.05) is 13.1 Å². The summed E-state index contributed by atoms with van der Waals surface area (Å²) < 4.78 is 39.3. The number of nitrogens with zero attached hydrogens (tertiary/aromatic N) is 4. The van der Waals surface area contributed by atoms with Crippen LogP contribution in [0.4, 0.5) is 13.2 Å². The lowest BCUT2D eigenvalue weighted by atomic mass is 9.84. The third-order valence-corrected chi connectivity index (χ3v) is 8.61. The Hall–Kier alpha value is -2.46. The van der Waals surface area contributed by atoms with Gasteiger partial charge in [-0.3, -0.25) is 14.4 Å². The summed E-state index contributed by atoms with van der Waals surface area (Å²) in [6.07, 6.45) is 3.15. The van der Waals surface area contributed by atoms with Crippen LogP contribution >= 0.6 is 11.3 Å². The van der Waals surface area contributed by atoms with Crippen LogP contribution in [0, 0.1) is 5.92 Å². The molecule has 1 aliphatic carbocycles. The van der Waals surface area contributed by atoms with Gasteiger partial charge in [-0.2, -0.15) is 18.3 Å². The SMILES string of the molecule is Cn1cc2ccc(C(=O)N[C@H]3CC[C@H](CCN4CCc5sc(CCC(F)(F)F)nc5C4)CC3)cc2n1. The second kappa shape index (κ2) is 10.5. The van der Waals surface area contributed by atoms with Gasteiger partial charge in [-0.05, 0) is 63.1 Å². The van der Waals surface area contributed by atoms with E-state index < -0.39 is 12.6 Å². The number of carbonyl (C=O) groups is 1. The van der Waals surface area contributed by atoms with Crippen molar-refractivity contribution in [2.45, 2.75) is 70.1 Å². The summed E-state index contributed by atoms with van der Waals surface area (Å²) in [5.41, 5.74) is 2.45. The summed E-state index contributed by atoms with van der Waals surface area (Å²) >= 11 is 1.45. The fourth-order valence-electron chi connectivity index (χ4n) is 5.36. The molecule has 2 aromatic heterocycles. The minimum atomic E-state index is -4.13. The molecule has 0 unspecified atom stereocenters. The van der Waals surface area contributed by atoms with Gasteiger partial charge in [0.05, 0.1) is 16.2 Å². The summed E-state index contributed by atoms with van der Waals surface area (Å²) in [6.45, 7) is 2.67. The van der Waals surface area contributed by atoms with Crippen LogP contribution in [0.2, 0.25) is 0 Å². The van der Waals surface area contributed by atoms with E-state index in [-0.39, 0.29) is 18.4 Å². The van der Waals surface area contributed by atoms with Crippen molar-refractivity contribution >= 4 is 28.1 Å². The van der Waals surface area contributed by atoms with Crippen LogP contribution in [0.15, 0.2) is 24.4 Å². The average Bonchev–Trinajstić information content (AvgIpc) is 3.42. The number of thiazole rings is 1. The summed E-state index contributed by atoms with van der Waals surface area (Å²) in [5, 5.41) is 9.23. The maximum Gasteiger partial charge on any atom is 0.389 e. The molecule has 1 fully saturated rings. The molecule has 1 aromatic carbocycles. The van der Waals surface area contributed by atoms with Crippen molar-refractivity contribution in [2.24, 2.45) is 13.0 Å². The molecule has 0 radical (unpaired) electrons. The van der Waals surface area contributed by atoms with Gasteiger partial charge >= 0.3 is 6.18 Å². The number of rotatable bonds is 7. The first-order valence-electron chi connectivity index (χ1n) is 12.7. The number of benzene rings is 1. The van der Waals surface area contributed by atoms with E-state index in [1.54, 1.807) is 4.68 Å². The number of aromatic nitrogens is 3. The third-order valence-electron chi connectivity index (χ3n) is 7.39. The fraction of sp³-hybridized carbons (Fsp3) is 0.577. The molecular weight excluding hydrogens is 487 g/mol. The number of carbonyl (C=O) groups excluding carboxylic acids is 1. The summed E-state index contributed by atoms with van der Waals surface area (Å²) in [7, 11) is 1.87. The summed E-state index contributed by atoms with van der Waals surface area (Å²) in [6, 6.07) is 5.85. The van der Waals surface area contributed by atoms with Gasteiger partial charge in [0.25, 0.3) is 5.91 Å². The molecule has 5 rings (SSSR count). The van der Waals surface area contributed by atoms with E-state index in [1.165, 1.54) is 11.3 Å². The molecule has 0 bridgehead atoms. The Bertz CT molecular complexity index is 1210. The van der Waals surface area contributed by atoms with Crippen molar-refractivity contribution < 1.29 is 18.0 Å². The zero-order valence-electron chi connectivity index (χ0n) is 20.5. The highest BCUT2D eigenvalue weighted by atomic mass is 32.1. The maximum absolute atomic E-state index is 12.8. The third kappa shape index (κ3) is 6.26. The fourth-order valence-corrected chi connectivity index (χ4v) is 6.43. The Labute approximate surface area is 212 Å². The van der Waals surface area contributed by atoms with E-state index in [0.29, 0.717) is 16.5 Å². The van der Waals surface area contributed by atoms with Crippen LogP contribution < -0.4 is 5.32 Å². The van der Waals surface area contributed by atoms with Crippen LogP contribution in [0.5, 0.6) is 0 Å². The zero-order valence-corrected chi connectivity index (χ0v) is 21.3. The molecule has 2 aliphatic rings. The first-order valence-corrected chi connectivity index (χ1v) is 13.5. The molecule has 1 saturated carbocycles. The first-order chi connectivity index (χ1) is 17.2. The van der Waals surface area contributed by atoms with Crippen molar-refractivity contribution in [1.29, 1.82) is 0 Å². The Kier molecular flexibility index (Phi) is 7.35. The molecule has 10 heteroatoms. The highest BCUT2D eigenvalue weighted by Gasteiger charge is 2.29. The largest absolute Gasteiger partial charge is 0.389 e. The number of halogens is 3. The van der Waals surface area contributed by atoms with E-state index in [4.69, 9.17) is 0 Å². The van der Waals surface area contributed by atoms with Crippen molar-refractivity contribution in [3.05, 3.63) is 45.5 Å². The molecule has 36 heavy (non-hydrogen) atoms. The molecule has 0 spiro atoms. The molecule has 0 atom stereocenters. The van der Waals surface area contributed by atoms with Crippen LogP contribution in [0.25, 0.3) is 10.9 Å². The number of hydrogen-bond acceptors (Lipinski definition) is 5. The Morgan fingerprint density at radius 1 is 1.22 bits per heavy atom. The van der Waals surface area contributed by atoms with Crippen molar-refractivity contribution in [1.82, 2.24) is 25.0 Å². The molecule has 3 aromatic rings. The second-order valence-electron chi connectivity index (χ2n) is 10.2. The smallest absolute Gasteiger partial charge is 0.349 e. The lowest BCUT2D eigenvalue weighted by molar-refractivity contribution is -0.134. The molecule has 1 aliphatic heterocycles. The van der Waals surface area contributed by atoms with E-state index in [2.05, 4.69) is 20.3 Å². The van der Waals surface area contributed by atoms with Gasteiger partial charge in [0, 0.05) is 61.0 Å². The van der Waals surface area contributed by atoms with Gasteiger partial charge in [-0.15, -0.1) is 11.3 Å². The topological polar surface area (TPSA) is 63.1 Å². The molecule has 3 heterocycles. The minimum absolute atomic E-state index is 0.0152. The molecule has 1 amide bonds. The highest BCUT2D eigenvalue weighted by molar-refractivity contribution is 7.11. The van der Waals surface area contributed by atoms with Gasteiger partial charge in [0.2, 0.25) is 0 Å². The van der Waals surface area contributed by atoms with E-state index >= 15 is 0 Å². The Morgan fingerprint density at radius 3 is 2.81 bits per heavy atom. The standard InChI is InChI=1S/C26H32F3N5OS/c1-33-15-19-5-4-18(14-21(19)32-33)25(35)30-20-6-2-17(3-7-20)9-12-34-13-10-23-22(16-34)31-24(36-23)8-11-26(27,28)29/h4-5,14-15,17,20H,2-3,6-13,16H2,1H3,(H,30,35)/t17-,20-. The summed E-state index contributed by atoms with van der Waals surface area (Å²) in [4.78, 5) is 20.8. The molecular formula is C26H32F3N5OS. The second-order valence-corrected chi connectivity index (χ2v) is 11.3. The number of hydrogen-bond donors (Lipinski definition) is 1. The van der Waals surface area contributed by atoms with Crippen LogP contribution in [0.1, 0.15) is 64.5 Å². The molecule has 0 saturated heterocycles. The van der Waals surface area contributed by atoms with Gasteiger partial charge in [0.1, 0.15) is 0 Å². The first kappa shape index (κ1) is 25.2. The van der Waals surface area contributed by atoms with Gasteiger partial charge in [-0.25, -0.2) is 4.98 Å². The van der Waals surface area contributed by atoms with E-state index in [9.17, 15) is 18.0 Å². The van der Waals surface area contributed by atoms with E-state index in [1.807, 2.05) is 31.4 Å².